The zero-order valence-corrected chi connectivity index (χ0v) is 13.4. The molecular formula is C17H16Cl2N2O. The van der Waals surface area contributed by atoms with E-state index in [4.69, 9.17) is 27.6 Å². The molecule has 2 N–H and O–H groups in total. The monoisotopic (exact) mass is 334 g/mol. The first-order valence-electron chi connectivity index (χ1n) is 7.10. The maximum Gasteiger partial charge on any atom is 0.193 e. The fourth-order valence-corrected chi connectivity index (χ4v) is 2.78. The summed E-state index contributed by atoms with van der Waals surface area (Å²) in [5, 5.41) is 10.0. The molecule has 3 aromatic rings. The molecule has 3 rings (SSSR count). The molecule has 0 aliphatic carbocycles. The number of rotatable bonds is 6. The Kier molecular flexibility index (Phi) is 4.88. The molecule has 0 fully saturated rings. The van der Waals surface area contributed by atoms with Crippen LogP contribution >= 0.6 is 23.2 Å². The van der Waals surface area contributed by atoms with Gasteiger partial charge in [0, 0.05) is 18.5 Å². The standard InChI is InChI=1S/C17H16Cl2N2O/c18-16-8-6-13(22-16)11-20-9-10-21-15-7-5-12-3-1-2-4-14(12)17(15)19/h1-8,20-21H,9-11H2. The fourth-order valence-electron chi connectivity index (χ4n) is 2.31. The molecule has 0 aliphatic rings. The minimum atomic E-state index is 0.415. The lowest BCUT2D eigenvalue weighted by Gasteiger charge is -2.11. The normalized spacial score (nSPS) is 11.0. The first-order valence-corrected chi connectivity index (χ1v) is 7.86. The molecule has 0 saturated carbocycles. The zero-order chi connectivity index (χ0) is 15.4. The third-order valence-electron chi connectivity index (χ3n) is 3.41. The summed E-state index contributed by atoms with van der Waals surface area (Å²) in [5.41, 5.74) is 0.947. The summed E-state index contributed by atoms with van der Waals surface area (Å²) in [5.74, 6) is 0.828. The molecule has 0 radical (unpaired) electrons. The lowest BCUT2D eigenvalue weighted by molar-refractivity contribution is 0.488. The first-order chi connectivity index (χ1) is 10.7. The predicted molar refractivity (Wildman–Crippen MR) is 92.9 cm³/mol. The third kappa shape index (κ3) is 3.55. The second-order valence-electron chi connectivity index (χ2n) is 4.96. The molecule has 2 aromatic carbocycles. The number of furan rings is 1. The average molecular weight is 335 g/mol. The van der Waals surface area contributed by atoms with Crippen molar-refractivity contribution in [2.45, 2.75) is 6.54 Å². The van der Waals surface area contributed by atoms with Crippen LogP contribution in [0.25, 0.3) is 10.8 Å². The molecule has 1 aromatic heterocycles. The van der Waals surface area contributed by atoms with Crippen molar-refractivity contribution in [2.24, 2.45) is 0 Å². The van der Waals surface area contributed by atoms with Crippen molar-refractivity contribution in [3.8, 4) is 0 Å². The van der Waals surface area contributed by atoms with E-state index < -0.39 is 0 Å². The van der Waals surface area contributed by atoms with E-state index in [1.807, 2.05) is 30.3 Å². The molecule has 0 atom stereocenters. The molecule has 5 heteroatoms. The van der Waals surface area contributed by atoms with Crippen LogP contribution in [0.1, 0.15) is 5.76 Å². The van der Waals surface area contributed by atoms with Crippen molar-refractivity contribution >= 4 is 39.7 Å². The van der Waals surface area contributed by atoms with E-state index in [2.05, 4.69) is 22.8 Å². The van der Waals surface area contributed by atoms with Crippen molar-refractivity contribution in [1.29, 1.82) is 0 Å². The van der Waals surface area contributed by atoms with Gasteiger partial charge in [0.1, 0.15) is 5.76 Å². The van der Waals surface area contributed by atoms with Crippen LogP contribution in [0.3, 0.4) is 0 Å². The summed E-state index contributed by atoms with van der Waals surface area (Å²) in [4.78, 5) is 0. The Hall–Kier alpha value is -1.68. The van der Waals surface area contributed by atoms with Gasteiger partial charge in [-0.15, -0.1) is 0 Å². The molecule has 114 valence electrons. The van der Waals surface area contributed by atoms with Gasteiger partial charge in [0.25, 0.3) is 0 Å². The van der Waals surface area contributed by atoms with Gasteiger partial charge in [0.15, 0.2) is 5.22 Å². The maximum absolute atomic E-state index is 6.44. The van der Waals surface area contributed by atoms with E-state index in [-0.39, 0.29) is 0 Å². The Morgan fingerprint density at radius 3 is 2.59 bits per heavy atom. The van der Waals surface area contributed by atoms with Gasteiger partial charge in [-0.05, 0) is 35.2 Å². The Labute approximate surface area is 139 Å². The van der Waals surface area contributed by atoms with Crippen molar-refractivity contribution < 1.29 is 4.42 Å². The SMILES string of the molecule is Clc1ccc(CNCCNc2ccc3ccccc3c2Cl)o1. The van der Waals surface area contributed by atoms with Crippen LogP contribution in [-0.4, -0.2) is 13.1 Å². The quantitative estimate of drug-likeness (QED) is 0.627. The summed E-state index contributed by atoms with van der Waals surface area (Å²) in [6.45, 7) is 2.22. The highest BCUT2D eigenvalue weighted by Crippen LogP contribution is 2.30. The minimum absolute atomic E-state index is 0.415. The maximum atomic E-state index is 6.44. The van der Waals surface area contributed by atoms with Crippen molar-refractivity contribution in [3.63, 3.8) is 0 Å². The molecule has 0 spiro atoms. The lowest BCUT2D eigenvalue weighted by Crippen LogP contribution is -2.21. The van der Waals surface area contributed by atoms with E-state index in [1.165, 1.54) is 0 Å². The van der Waals surface area contributed by atoms with Crippen LogP contribution < -0.4 is 10.6 Å². The Bertz CT molecular complexity index is 770. The van der Waals surface area contributed by atoms with Gasteiger partial charge in [-0.2, -0.15) is 0 Å². The molecule has 22 heavy (non-hydrogen) atoms. The fraction of sp³-hybridized carbons (Fsp3) is 0.176. The van der Waals surface area contributed by atoms with E-state index in [9.17, 15) is 0 Å². The van der Waals surface area contributed by atoms with E-state index in [1.54, 1.807) is 6.07 Å². The third-order valence-corrected chi connectivity index (χ3v) is 4.02. The van der Waals surface area contributed by atoms with Gasteiger partial charge in [-0.3, -0.25) is 0 Å². The van der Waals surface area contributed by atoms with Gasteiger partial charge < -0.3 is 15.1 Å². The predicted octanol–water partition coefficient (Wildman–Crippen LogP) is 4.94. The second-order valence-corrected chi connectivity index (χ2v) is 5.71. The van der Waals surface area contributed by atoms with Crippen LogP contribution in [0.2, 0.25) is 10.2 Å². The van der Waals surface area contributed by atoms with Crippen molar-refractivity contribution in [3.05, 3.63) is 64.5 Å². The number of nitrogens with one attached hydrogen (secondary N) is 2. The number of benzene rings is 2. The molecule has 0 unspecified atom stereocenters. The average Bonchev–Trinajstić information content (AvgIpc) is 2.95. The van der Waals surface area contributed by atoms with Crippen molar-refractivity contribution in [1.82, 2.24) is 5.32 Å². The summed E-state index contributed by atoms with van der Waals surface area (Å²) >= 11 is 12.2. The molecule has 0 aliphatic heterocycles. The summed E-state index contributed by atoms with van der Waals surface area (Å²) in [6, 6.07) is 15.8. The topological polar surface area (TPSA) is 37.2 Å². The zero-order valence-electron chi connectivity index (χ0n) is 11.9. The Morgan fingerprint density at radius 1 is 0.909 bits per heavy atom. The van der Waals surface area contributed by atoms with Gasteiger partial charge in [0.05, 0.1) is 17.3 Å². The first kappa shape index (κ1) is 15.2. The number of hydrogen-bond acceptors (Lipinski definition) is 3. The molecule has 0 amide bonds. The largest absolute Gasteiger partial charge is 0.448 e. The second kappa shape index (κ2) is 7.05. The van der Waals surface area contributed by atoms with Crippen LogP contribution in [0.4, 0.5) is 5.69 Å². The number of fused-ring (bicyclic) bond motifs is 1. The van der Waals surface area contributed by atoms with Crippen LogP contribution in [0.5, 0.6) is 0 Å². The van der Waals surface area contributed by atoms with Crippen molar-refractivity contribution in [2.75, 3.05) is 18.4 Å². The molecular weight excluding hydrogens is 319 g/mol. The summed E-state index contributed by atoms with van der Waals surface area (Å²) in [6.07, 6.45) is 0. The Balaban J connectivity index is 1.52. The molecule has 1 heterocycles. The highest BCUT2D eigenvalue weighted by atomic mass is 35.5. The molecule has 0 saturated heterocycles. The van der Waals surface area contributed by atoms with Gasteiger partial charge in [0.2, 0.25) is 0 Å². The van der Waals surface area contributed by atoms with Gasteiger partial charge in [-0.1, -0.05) is 41.9 Å². The summed E-state index contributed by atoms with van der Waals surface area (Å²) in [7, 11) is 0. The van der Waals surface area contributed by atoms with Gasteiger partial charge >= 0.3 is 0 Å². The number of anilines is 1. The Morgan fingerprint density at radius 2 is 1.77 bits per heavy atom. The smallest absolute Gasteiger partial charge is 0.193 e. The highest BCUT2D eigenvalue weighted by molar-refractivity contribution is 6.38. The van der Waals surface area contributed by atoms with E-state index in [0.29, 0.717) is 11.8 Å². The van der Waals surface area contributed by atoms with E-state index in [0.717, 1.165) is 40.3 Å². The molecule has 0 bridgehead atoms. The van der Waals surface area contributed by atoms with Crippen LogP contribution in [-0.2, 0) is 6.54 Å². The molecule has 3 nitrogen and oxygen atoms in total. The van der Waals surface area contributed by atoms with Gasteiger partial charge in [-0.25, -0.2) is 0 Å². The van der Waals surface area contributed by atoms with Crippen LogP contribution in [0, 0.1) is 0 Å². The number of halogens is 2. The highest BCUT2D eigenvalue weighted by Gasteiger charge is 2.04. The van der Waals surface area contributed by atoms with Crippen LogP contribution in [0.15, 0.2) is 52.9 Å². The minimum Gasteiger partial charge on any atom is -0.448 e. The number of hydrogen-bond donors (Lipinski definition) is 2. The summed E-state index contributed by atoms with van der Waals surface area (Å²) < 4.78 is 5.28. The van der Waals surface area contributed by atoms with E-state index >= 15 is 0 Å². The lowest BCUT2D eigenvalue weighted by atomic mass is 10.1.